The van der Waals surface area contributed by atoms with Crippen molar-refractivity contribution in [2.75, 3.05) is 18.5 Å². The maximum absolute atomic E-state index is 12.3. The number of benzene rings is 2. The lowest BCUT2D eigenvalue weighted by Gasteiger charge is -2.14. The average Bonchev–Trinajstić information content (AvgIpc) is 3.01. The van der Waals surface area contributed by atoms with Crippen LogP contribution >= 0.6 is 0 Å². The van der Waals surface area contributed by atoms with Gasteiger partial charge in [-0.1, -0.05) is 24.3 Å². The SMILES string of the molecule is O=C(Cc1ccc2c(c1)CCO2)Nc1ccccc1OCC(F)(F)F. The van der Waals surface area contributed by atoms with Gasteiger partial charge in [0.15, 0.2) is 6.61 Å². The molecule has 1 heterocycles. The van der Waals surface area contributed by atoms with E-state index >= 15 is 0 Å². The van der Waals surface area contributed by atoms with Gasteiger partial charge in [-0.25, -0.2) is 0 Å². The molecule has 0 saturated carbocycles. The third kappa shape index (κ3) is 4.65. The van der Waals surface area contributed by atoms with Crippen molar-refractivity contribution >= 4 is 11.6 Å². The Kier molecular flexibility index (Phi) is 4.83. The van der Waals surface area contributed by atoms with E-state index in [1.165, 1.54) is 12.1 Å². The van der Waals surface area contributed by atoms with Crippen LogP contribution in [0.5, 0.6) is 11.5 Å². The summed E-state index contributed by atoms with van der Waals surface area (Å²) in [6, 6.07) is 11.6. The van der Waals surface area contributed by atoms with Crippen molar-refractivity contribution in [3.63, 3.8) is 0 Å². The molecule has 0 spiro atoms. The first-order valence-electron chi connectivity index (χ1n) is 7.74. The highest BCUT2D eigenvalue weighted by Gasteiger charge is 2.28. The Balaban J connectivity index is 1.65. The molecule has 1 aliphatic heterocycles. The summed E-state index contributed by atoms with van der Waals surface area (Å²) < 4.78 is 47.1. The van der Waals surface area contributed by atoms with Crippen LogP contribution in [0.2, 0.25) is 0 Å². The number of para-hydroxylation sites is 2. The summed E-state index contributed by atoms with van der Waals surface area (Å²) in [6.07, 6.45) is -3.52. The molecule has 2 aromatic rings. The number of hydrogen-bond donors (Lipinski definition) is 1. The molecule has 4 nitrogen and oxygen atoms in total. The van der Waals surface area contributed by atoms with E-state index in [0.717, 1.165) is 23.3 Å². The molecular weight excluding hydrogens is 335 g/mol. The number of fused-ring (bicyclic) bond motifs is 1. The smallest absolute Gasteiger partial charge is 0.422 e. The predicted molar refractivity (Wildman–Crippen MR) is 86.0 cm³/mol. The molecule has 0 saturated heterocycles. The van der Waals surface area contributed by atoms with Gasteiger partial charge in [0.1, 0.15) is 11.5 Å². The van der Waals surface area contributed by atoms with E-state index in [-0.39, 0.29) is 23.8 Å². The monoisotopic (exact) mass is 351 g/mol. The van der Waals surface area contributed by atoms with Gasteiger partial charge < -0.3 is 14.8 Å². The molecule has 0 aliphatic carbocycles. The van der Waals surface area contributed by atoms with E-state index in [0.29, 0.717) is 6.61 Å². The number of ether oxygens (including phenoxy) is 2. The Morgan fingerprint density at radius 3 is 2.80 bits per heavy atom. The second kappa shape index (κ2) is 7.04. The van der Waals surface area contributed by atoms with Crippen molar-refractivity contribution in [1.29, 1.82) is 0 Å². The van der Waals surface area contributed by atoms with Crippen molar-refractivity contribution in [2.24, 2.45) is 0 Å². The van der Waals surface area contributed by atoms with Crippen LogP contribution in [0.1, 0.15) is 11.1 Å². The average molecular weight is 351 g/mol. The molecule has 1 aliphatic rings. The van der Waals surface area contributed by atoms with E-state index in [9.17, 15) is 18.0 Å². The lowest BCUT2D eigenvalue weighted by Crippen LogP contribution is -2.20. The molecular formula is C18H16F3NO3. The van der Waals surface area contributed by atoms with E-state index in [1.807, 2.05) is 12.1 Å². The molecule has 25 heavy (non-hydrogen) atoms. The number of nitrogens with one attached hydrogen (secondary N) is 1. The highest BCUT2D eigenvalue weighted by atomic mass is 19.4. The third-order valence-corrected chi connectivity index (χ3v) is 3.67. The largest absolute Gasteiger partial charge is 0.493 e. The lowest BCUT2D eigenvalue weighted by molar-refractivity contribution is -0.153. The molecule has 0 bridgehead atoms. The van der Waals surface area contributed by atoms with Gasteiger partial charge in [0.05, 0.1) is 18.7 Å². The minimum absolute atomic E-state index is 0.0180. The van der Waals surface area contributed by atoms with Gasteiger partial charge in [0, 0.05) is 6.42 Å². The van der Waals surface area contributed by atoms with Crippen LogP contribution in [-0.4, -0.2) is 25.3 Å². The van der Waals surface area contributed by atoms with Gasteiger partial charge in [-0.3, -0.25) is 4.79 Å². The van der Waals surface area contributed by atoms with Gasteiger partial charge in [-0.2, -0.15) is 13.2 Å². The molecule has 0 aromatic heterocycles. The van der Waals surface area contributed by atoms with Gasteiger partial charge in [-0.15, -0.1) is 0 Å². The standard InChI is InChI=1S/C18H16F3NO3/c19-18(20,21)11-25-16-4-2-1-3-14(16)22-17(23)10-12-5-6-15-13(9-12)7-8-24-15/h1-6,9H,7-8,10-11H2,(H,22,23). The van der Waals surface area contributed by atoms with Crippen molar-refractivity contribution in [3.8, 4) is 11.5 Å². The van der Waals surface area contributed by atoms with E-state index in [1.54, 1.807) is 18.2 Å². The fraction of sp³-hybridized carbons (Fsp3) is 0.278. The van der Waals surface area contributed by atoms with Crippen LogP contribution in [0.4, 0.5) is 18.9 Å². The molecule has 2 aromatic carbocycles. The van der Waals surface area contributed by atoms with E-state index in [4.69, 9.17) is 9.47 Å². The fourth-order valence-corrected chi connectivity index (χ4v) is 2.59. The summed E-state index contributed by atoms with van der Waals surface area (Å²) in [5, 5.41) is 2.60. The van der Waals surface area contributed by atoms with Crippen LogP contribution in [-0.2, 0) is 17.6 Å². The van der Waals surface area contributed by atoms with Crippen LogP contribution in [0.15, 0.2) is 42.5 Å². The normalized spacial score (nSPS) is 13.1. The van der Waals surface area contributed by atoms with Crippen LogP contribution < -0.4 is 14.8 Å². The summed E-state index contributed by atoms with van der Waals surface area (Å²) >= 11 is 0. The number of anilines is 1. The maximum Gasteiger partial charge on any atom is 0.422 e. The van der Waals surface area contributed by atoms with Gasteiger partial charge in [0.25, 0.3) is 0 Å². The van der Waals surface area contributed by atoms with Crippen LogP contribution in [0.25, 0.3) is 0 Å². The van der Waals surface area contributed by atoms with Crippen LogP contribution in [0, 0.1) is 0 Å². The summed E-state index contributed by atoms with van der Waals surface area (Å²) in [7, 11) is 0. The first-order chi connectivity index (χ1) is 11.9. The number of carbonyl (C=O) groups is 1. The van der Waals surface area contributed by atoms with Crippen molar-refractivity contribution < 1.29 is 27.4 Å². The third-order valence-electron chi connectivity index (χ3n) is 3.67. The molecule has 0 fully saturated rings. The number of alkyl halides is 3. The molecule has 7 heteroatoms. The van der Waals surface area contributed by atoms with Gasteiger partial charge in [0.2, 0.25) is 5.91 Å². The first kappa shape index (κ1) is 17.1. The summed E-state index contributed by atoms with van der Waals surface area (Å²) in [6.45, 7) is -0.778. The molecule has 132 valence electrons. The number of carbonyl (C=O) groups excluding carboxylic acids is 1. The fourth-order valence-electron chi connectivity index (χ4n) is 2.59. The summed E-state index contributed by atoms with van der Waals surface area (Å²) in [5.41, 5.74) is 2.08. The highest BCUT2D eigenvalue weighted by Crippen LogP contribution is 2.28. The molecule has 0 unspecified atom stereocenters. The molecule has 1 N–H and O–H groups in total. The Morgan fingerprint density at radius 1 is 1.20 bits per heavy atom. The van der Waals surface area contributed by atoms with Crippen molar-refractivity contribution in [1.82, 2.24) is 0 Å². The number of amides is 1. The number of halogens is 3. The molecule has 0 radical (unpaired) electrons. The van der Waals surface area contributed by atoms with Crippen molar-refractivity contribution in [2.45, 2.75) is 19.0 Å². The summed E-state index contributed by atoms with van der Waals surface area (Å²) in [4.78, 5) is 12.2. The molecule has 3 rings (SSSR count). The number of rotatable bonds is 5. The molecule has 0 atom stereocenters. The quantitative estimate of drug-likeness (QED) is 0.893. The predicted octanol–water partition coefficient (Wildman–Crippen LogP) is 3.74. The minimum Gasteiger partial charge on any atom is -0.493 e. The van der Waals surface area contributed by atoms with Crippen LogP contribution in [0.3, 0.4) is 0 Å². The zero-order valence-corrected chi connectivity index (χ0v) is 13.2. The first-order valence-corrected chi connectivity index (χ1v) is 7.74. The Hall–Kier alpha value is -2.70. The minimum atomic E-state index is -4.44. The highest BCUT2D eigenvalue weighted by molar-refractivity contribution is 5.93. The molecule has 1 amide bonds. The van der Waals surface area contributed by atoms with E-state index < -0.39 is 12.8 Å². The maximum atomic E-state index is 12.3. The second-order valence-corrected chi connectivity index (χ2v) is 5.67. The van der Waals surface area contributed by atoms with Crippen molar-refractivity contribution in [3.05, 3.63) is 53.6 Å². The summed E-state index contributed by atoms with van der Waals surface area (Å²) in [5.74, 6) is 0.479. The zero-order valence-electron chi connectivity index (χ0n) is 13.2. The lowest BCUT2D eigenvalue weighted by atomic mass is 10.1. The second-order valence-electron chi connectivity index (χ2n) is 5.67. The van der Waals surface area contributed by atoms with Gasteiger partial charge >= 0.3 is 6.18 Å². The zero-order chi connectivity index (χ0) is 17.9. The number of hydrogen-bond acceptors (Lipinski definition) is 3. The Bertz CT molecular complexity index is 774. The topological polar surface area (TPSA) is 47.6 Å². The van der Waals surface area contributed by atoms with Gasteiger partial charge in [-0.05, 0) is 29.3 Å². The van der Waals surface area contributed by atoms with E-state index in [2.05, 4.69) is 5.32 Å². The Morgan fingerprint density at radius 2 is 2.00 bits per heavy atom. The Labute approximate surface area is 142 Å².